The minimum Gasteiger partial charge on any atom is -0.378 e. The summed E-state index contributed by atoms with van der Waals surface area (Å²) in [4.78, 5) is 14.7. The number of ketones is 1. The molecule has 0 spiro atoms. The Labute approximate surface area is 115 Å². The molecule has 0 amide bonds. The summed E-state index contributed by atoms with van der Waals surface area (Å²) < 4.78 is 5.48. The van der Waals surface area contributed by atoms with E-state index in [1.165, 1.54) is 0 Å². The summed E-state index contributed by atoms with van der Waals surface area (Å²) >= 11 is 0. The number of Topliss-reactive ketones (excluding diaryl/α,β-unsaturated/α-hetero) is 1. The van der Waals surface area contributed by atoms with Gasteiger partial charge in [0.15, 0.2) is 5.78 Å². The Hall–Kier alpha value is -1.19. The van der Waals surface area contributed by atoms with Crippen LogP contribution in [0.2, 0.25) is 0 Å². The summed E-state index contributed by atoms with van der Waals surface area (Å²) in [5, 5.41) is 0. The smallest absolute Gasteiger partial charge is 0.177 e. The van der Waals surface area contributed by atoms with Crippen molar-refractivity contribution in [2.45, 2.75) is 33.2 Å². The number of hydrogen-bond acceptors (Lipinski definition) is 3. The van der Waals surface area contributed by atoms with Crippen LogP contribution in [0, 0.1) is 13.8 Å². The van der Waals surface area contributed by atoms with E-state index in [0.717, 1.165) is 42.9 Å². The lowest BCUT2D eigenvalue weighted by Crippen LogP contribution is -2.47. The molecule has 0 radical (unpaired) electrons. The van der Waals surface area contributed by atoms with E-state index in [4.69, 9.17) is 4.74 Å². The monoisotopic (exact) mass is 261 g/mol. The fraction of sp³-hybridized carbons (Fsp3) is 0.562. The standard InChI is InChI=1S/C16H23NO2/c1-4-14-11-19-8-7-17(14)10-16(18)15-9-12(2)5-6-13(15)3/h5-6,9,14H,4,7-8,10-11H2,1-3H3. The normalized spacial score (nSPS) is 20.5. The molecule has 1 saturated heterocycles. The number of ether oxygens (including phenoxy) is 1. The first-order valence-electron chi connectivity index (χ1n) is 7.04. The molecule has 1 aromatic rings. The summed E-state index contributed by atoms with van der Waals surface area (Å²) in [7, 11) is 0. The number of aryl methyl sites for hydroxylation is 2. The first-order chi connectivity index (χ1) is 9.11. The van der Waals surface area contributed by atoms with Gasteiger partial charge in [-0.25, -0.2) is 0 Å². The maximum atomic E-state index is 12.5. The molecule has 3 heteroatoms. The molecule has 1 aliphatic heterocycles. The summed E-state index contributed by atoms with van der Waals surface area (Å²) in [5.41, 5.74) is 3.07. The van der Waals surface area contributed by atoms with E-state index < -0.39 is 0 Å². The van der Waals surface area contributed by atoms with Crippen LogP contribution in [0.4, 0.5) is 0 Å². The molecule has 104 valence electrons. The van der Waals surface area contributed by atoms with E-state index in [-0.39, 0.29) is 5.78 Å². The molecule has 0 bridgehead atoms. The zero-order valence-corrected chi connectivity index (χ0v) is 12.1. The van der Waals surface area contributed by atoms with Crippen molar-refractivity contribution in [3.05, 3.63) is 34.9 Å². The molecular weight excluding hydrogens is 238 g/mol. The second-order valence-electron chi connectivity index (χ2n) is 5.35. The van der Waals surface area contributed by atoms with Crippen LogP contribution in [0.5, 0.6) is 0 Å². The van der Waals surface area contributed by atoms with Gasteiger partial charge in [-0.3, -0.25) is 9.69 Å². The Balaban J connectivity index is 2.09. The first-order valence-corrected chi connectivity index (χ1v) is 7.04. The highest BCUT2D eigenvalue weighted by molar-refractivity contribution is 5.99. The third-order valence-electron chi connectivity index (χ3n) is 3.86. The van der Waals surface area contributed by atoms with Crippen LogP contribution in [0.1, 0.15) is 34.8 Å². The second kappa shape index (κ2) is 6.31. The van der Waals surface area contributed by atoms with Gasteiger partial charge in [0, 0.05) is 18.2 Å². The van der Waals surface area contributed by atoms with Gasteiger partial charge in [0.25, 0.3) is 0 Å². The van der Waals surface area contributed by atoms with E-state index in [2.05, 4.69) is 17.9 Å². The predicted molar refractivity (Wildman–Crippen MR) is 76.7 cm³/mol. The Morgan fingerprint density at radius 2 is 2.21 bits per heavy atom. The number of hydrogen-bond donors (Lipinski definition) is 0. The van der Waals surface area contributed by atoms with Crippen molar-refractivity contribution < 1.29 is 9.53 Å². The molecule has 1 atom stereocenters. The average Bonchev–Trinajstić information content (AvgIpc) is 2.42. The highest BCUT2D eigenvalue weighted by atomic mass is 16.5. The molecular formula is C16H23NO2. The Morgan fingerprint density at radius 1 is 1.42 bits per heavy atom. The first kappa shape index (κ1) is 14.2. The third-order valence-corrected chi connectivity index (χ3v) is 3.86. The molecule has 1 aliphatic rings. The fourth-order valence-corrected chi connectivity index (χ4v) is 2.58. The van der Waals surface area contributed by atoms with Crippen LogP contribution in [0.3, 0.4) is 0 Å². The van der Waals surface area contributed by atoms with Gasteiger partial charge in [-0.05, 0) is 31.9 Å². The van der Waals surface area contributed by atoms with Crippen LogP contribution in [0.25, 0.3) is 0 Å². The molecule has 1 unspecified atom stereocenters. The van der Waals surface area contributed by atoms with E-state index >= 15 is 0 Å². The van der Waals surface area contributed by atoms with Gasteiger partial charge in [-0.15, -0.1) is 0 Å². The molecule has 19 heavy (non-hydrogen) atoms. The molecule has 2 rings (SSSR count). The SMILES string of the molecule is CCC1COCCN1CC(=O)c1cc(C)ccc1C. The quantitative estimate of drug-likeness (QED) is 0.780. The highest BCUT2D eigenvalue weighted by Crippen LogP contribution is 2.15. The topological polar surface area (TPSA) is 29.5 Å². The van der Waals surface area contributed by atoms with E-state index in [9.17, 15) is 4.79 Å². The summed E-state index contributed by atoms with van der Waals surface area (Å²) in [6.07, 6.45) is 1.03. The second-order valence-corrected chi connectivity index (χ2v) is 5.35. The van der Waals surface area contributed by atoms with Gasteiger partial charge in [-0.2, -0.15) is 0 Å². The van der Waals surface area contributed by atoms with Crippen molar-refractivity contribution in [3.63, 3.8) is 0 Å². The molecule has 0 N–H and O–H groups in total. The zero-order valence-electron chi connectivity index (χ0n) is 12.1. The number of nitrogens with zero attached hydrogens (tertiary/aromatic N) is 1. The fourth-order valence-electron chi connectivity index (χ4n) is 2.58. The summed E-state index contributed by atoms with van der Waals surface area (Å²) in [6.45, 7) is 9.02. The van der Waals surface area contributed by atoms with Crippen molar-refractivity contribution >= 4 is 5.78 Å². The molecule has 1 heterocycles. The van der Waals surface area contributed by atoms with Gasteiger partial charge >= 0.3 is 0 Å². The maximum absolute atomic E-state index is 12.5. The molecule has 1 aromatic carbocycles. The molecule has 3 nitrogen and oxygen atoms in total. The van der Waals surface area contributed by atoms with Gasteiger partial charge in [-0.1, -0.05) is 24.6 Å². The van der Waals surface area contributed by atoms with Gasteiger partial charge in [0.1, 0.15) is 0 Å². The molecule has 0 aliphatic carbocycles. The summed E-state index contributed by atoms with van der Waals surface area (Å²) in [6, 6.07) is 6.45. The lowest BCUT2D eigenvalue weighted by Gasteiger charge is -2.34. The largest absolute Gasteiger partial charge is 0.378 e. The van der Waals surface area contributed by atoms with Crippen LogP contribution in [-0.2, 0) is 4.74 Å². The van der Waals surface area contributed by atoms with Gasteiger partial charge in [0.2, 0.25) is 0 Å². The van der Waals surface area contributed by atoms with E-state index in [0.29, 0.717) is 12.6 Å². The average molecular weight is 261 g/mol. The van der Waals surface area contributed by atoms with Crippen molar-refractivity contribution in [1.82, 2.24) is 4.90 Å². The lowest BCUT2D eigenvalue weighted by atomic mass is 10.0. The molecule has 1 fully saturated rings. The van der Waals surface area contributed by atoms with E-state index in [1.807, 2.05) is 26.0 Å². The number of carbonyl (C=O) groups excluding carboxylic acids is 1. The third kappa shape index (κ3) is 3.43. The van der Waals surface area contributed by atoms with Gasteiger partial charge < -0.3 is 4.74 Å². The minimum atomic E-state index is 0.224. The van der Waals surface area contributed by atoms with Crippen LogP contribution < -0.4 is 0 Å². The van der Waals surface area contributed by atoms with Crippen LogP contribution >= 0.6 is 0 Å². The highest BCUT2D eigenvalue weighted by Gasteiger charge is 2.24. The van der Waals surface area contributed by atoms with Crippen molar-refractivity contribution in [2.24, 2.45) is 0 Å². The molecule has 0 aromatic heterocycles. The molecule has 0 saturated carbocycles. The summed E-state index contributed by atoms with van der Waals surface area (Å²) in [5.74, 6) is 0.224. The Kier molecular flexibility index (Phi) is 4.72. The van der Waals surface area contributed by atoms with Crippen molar-refractivity contribution in [1.29, 1.82) is 0 Å². The number of benzene rings is 1. The van der Waals surface area contributed by atoms with Crippen molar-refractivity contribution in [2.75, 3.05) is 26.3 Å². The zero-order chi connectivity index (χ0) is 13.8. The van der Waals surface area contributed by atoms with Crippen LogP contribution in [-0.4, -0.2) is 43.0 Å². The number of rotatable bonds is 4. The van der Waals surface area contributed by atoms with E-state index in [1.54, 1.807) is 0 Å². The predicted octanol–water partition coefficient (Wildman–Crippen LogP) is 2.60. The number of carbonyl (C=O) groups is 1. The minimum absolute atomic E-state index is 0.224. The Morgan fingerprint density at radius 3 is 2.95 bits per heavy atom. The number of morpholine rings is 1. The van der Waals surface area contributed by atoms with Crippen molar-refractivity contribution in [3.8, 4) is 0 Å². The van der Waals surface area contributed by atoms with Gasteiger partial charge in [0.05, 0.1) is 19.8 Å². The van der Waals surface area contributed by atoms with Crippen LogP contribution in [0.15, 0.2) is 18.2 Å². The Bertz CT molecular complexity index is 456. The lowest BCUT2D eigenvalue weighted by molar-refractivity contribution is -0.00586. The maximum Gasteiger partial charge on any atom is 0.177 e.